The maximum absolute atomic E-state index is 11.8. The van der Waals surface area contributed by atoms with Gasteiger partial charge in [0.05, 0.1) is 7.11 Å². The second kappa shape index (κ2) is 4.10. The van der Waals surface area contributed by atoms with Crippen LogP contribution in [0.3, 0.4) is 0 Å². The van der Waals surface area contributed by atoms with Crippen LogP contribution < -0.4 is 0 Å². The standard InChI is InChI=1S/C10H13N5O2/c1-6-5-7(2)15-10(11-6)12-8(13-15)9(16)14(3)17-4/h5H,1-4H3. The van der Waals surface area contributed by atoms with E-state index in [2.05, 4.69) is 15.1 Å². The van der Waals surface area contributed by atoms with E-state index in [1.165, 1.54) is 18.7 Å². The molecule has 0 bridgehead atoms. The molecule has 0 atom stereocenters. The van der Waals surface area contributed by atoms with Crippen molar-refractivity contribution in [2.45, 2.75) is 13.8 Å². The minimum atomic E-state index is -0.407. The first-order valence-corrected chi connectivity index (χ1v) is 5.06. The fourth-order valence-corrected chi connectivity index (χ4v) is 1.48. The van der Waals surface area contributed by atoms with Crippen LogP contribution in [0.25, 0.3) is 5.78 Å². The zero-order valence-electron chi connectivity index (χ0n) is 10.1. The molecule has 0 aromatic carbocycles. The minimum Gasteiger partial charge on any atom is -0.274 e. The van der Waals surface area contributed by atoms with E-state index in [-0.39, 0.29) is 5.82 Å². The van der Waals surface area contributed by atoms with Gasteiger partial charge in [0, 0.05) is 18.4 Å². The number of aromatic nitrogens is 4. The molecule has 2 rings (SSSR count). The number of rotatable bonds is 2. The predicted molar refractivity (Wildman–Crippen MR) is 59.4 cm³/mol. The lowest BCUT2D eigenvalue weighted by Gasteiger charge is -2.09. The van der Waals surface area contributed by atoms with E-state index in [0.29, 0.717) is 5.78 Å². The Morgan fingerprint density at radius 1 is 1.41 bits per heavy atom. The molecule has 90 valence electrons. The molecule has 0 aliphatic rings. The van der Waals surface area contributed by atoms with Gasteiger partial charge in [0.2, 0.25) is 5.82 Å². The van der Waals surface area contributed by atoms with Gasteiger partial charge in [-0.3, -0.25) is 9.63 Å². The molecule has 0 saturated carbocycles. The Labute approximate surface area is 98.0 Å². The quantitative estimate of drug-likeness (QED) is 0.703. The number of aryl methyl sites for hydroxylation is 2. The van der Waals surface area contributed by atoms with E-state index in [0.717, 1.165) is 16.5 Å². The Balaban J connectivity index is 2.52. The fourth-order valence-electron chi connectivity index (χ4n) is 1.48. The van der Waals surface area contributed by atoms with Gasteiger partial charge in [-0.15, -0.1) is 5.10 Å². The Hall–Kier alpha value is -2.02. The Kier molecular flexibility index (Phi) is 2.76. The average molecular weight is 235 g/mol. The van der Waals surface area contributed by atoms with Crippen LogP contribution >= 0.6 is 0 Å². The van der Waals surface area contributed by atoms with Crippen molar-refractivity contribution >= 4 is 11.7 Å². The molecule has 0 radical (unpaired) electrons. The Morgan fingerprint density at radius 2 is 2.12 bits per heavy atom. The molecule has 0 spiro atoms. The number of nitrogens with zero attached hydrogens (tertiary/aromatic N) is 5. The summed E-state index contributed by atoms with van der Waals surface area (Å²) in [7, 11) is 2.90. The van der Waals surface area contributed by atoms with Gasteiger partial charge in [-0.2, -0.15) is 4.98 Å². The van der Waals surface area contributed by atoms with Crippen molar-refractivity contribution in [1.29, 1.82) is 0 Å². The summed E-state index contributed by atoms with van der Waals surface area (Å²) in [6, 6.07) is 1.87. The van der Waals surface area contributed by atoms with Gasteiger partial charge in [0.1, 0.15) is 0 Å². The summed E-state index contributed by atoms with van der Waals surface area (Å²) in [5.74, 6) is 0.0703. The van der Waals surface area contributed by atoms with Crippen LogP contribution in [0.15, 0.2) is 6.07 Å². The van der Waals surface area contributed by atoms with Gasteiger partial charge in [0.25, 0.3) is 5.78 Å². The first-order chi connectivity index (χ1) is 8.02. The van der Waals surface area contributed by atoms with E-state index in [1.807, 2.05) is 19.9 Å². The highest BCUT2D eigenvalue weighted by Crippen LogP contribution is 2.06. The van der Waals surface area contributed by atoms with Crippen LogP contribution in [0.4, 0.5) is 0 Å². The molecule has 1 amide bonds. The second-order valence-electron chi connectivity index (χ2n) is 3.67. The molecule has 0 saturated heterocycles. The van der Waals surface area contributed by atoms with Crippen molar-refractivity contribution < 1.29 is 9.63 Å². The first kappa shape index (κ1) is 11.5. The number of hydrogen-bond donors (Lipinski definition) is 0. The zero-order valence-corrected chi connectivity index (χ0v) is 10.1. The first-order valence-electron chi connectivity index (χ1n) is 5.06. The van der Waals surface area contributed by atoms with Gasteiger partial charge in [-0.05, 0) is 19.9 Å². The molecule has 2 aromatic rings. The maximum atomic E-state index is 11.8. The number of hydroxylamine groups is 2. The van der Waals surface area contributed by atoms with Crippen LogP contribution in [0.2, 0.25) is 0 Å². The fraction of sp³-hybridized carbons (Fsp3) is 0.400. The number of amides is 1. The number of carbonyl (C=O) groups is 1. The van der Waals surface area contributed by atoms with E-state index < -0.39 is 5.91 Å². The second-order valence-corrected chi connectivity index (χ2v) is 3.67. The number of carbonyl (C=O) groups excluding carboxylic acids is 1. The molecule has 0 unspecified atom stereocenters. The highest BCUT2D eigenvalue weighted by atomic mass is 16.7. The van der Waals surface area contributed by atoms with Crippen molar-refractivity contribution in [1.82, 2.24) is 24.6 Å². The van der Waals surface area contributed by atoms with E-state index >= 15 is 0 Å². The summed E-state index contributed by atoms with van der Waals surface area (Å²) in [4.78, 5) is 24.8. The van der Waals surface area contributed by atoms with E-state index in [9.17, 15) is 4.79 Å². The van der Waals surface area contributed by atoms with Crippen LogP contribution in [0, 0.1) is 13.8 Å². The maximum Gasteiger partial charge on any atom is 0.316 e. The molecular weight excluding hydrogens is 222 g/mol. The van der Waals surface area contributed by atoms with Crippen LogP contribution in [0.5, 0.6) is 0 Å². The summed E-state index contributed by atoms with van der Waals surface area (Å²) >= 11 is 0. The van der Waals surface area contributed by atoms with Gasteiger partial charge in [-0.1, -0.05) is 0 Å². The van der Waals surface area contributed by atoms with Gasteiger partial charge in [-0.25, -0.2) is 14.6 Å². The largest absolute Gasteiger partial charge is 0.316 e. The third-order valence-corrected chi connectivity index (χ3v) is 2.37. The van der Waals surface area contributed by atoms with Gasteiger partial charge >= 0.3 is 5.91 Å². The lowest BCUT2D eigenvalue weighted by Crippen LogP contribution is -2.26. The van der Waals surface area contributed by atoms with Crippen LogP contribution in [0.1, 0.15) is 22.0 Å². The third kappa shape index (κ3) is 1.96. The highest BCUT2D eigenvalue weighted by molar-refractivity contribution is 5.89. The molecule has 7 heteroatoms. The number of fused-ring (bicyclic) bond motifs is 1. The summed E-state index contributed by atoms with van der Waals surface area (Å²) in [6.45, 7) is 3.75. The molecule has 0 aliphatic carbocycles. The minimum absolute atomic E-state index is 0.0653. The third-order valence-electron chi connectivity index (χ3n) is 2.37. The molecular formula is C10H13N5O2. The lowest BCUT2D eigenvalue weighted by atomic mass is 10.4. The summed E-state index contributed by atoms with van der Waals surface area (Å²) in [5, 5.41) is 5.16. The average Bonchev–Trinajstić information content (AvgIpc) is 2.70. The van der Waals surface area contributed by atoms with E-state index in [4.69, 9.17) is 4.84 Å². The topological polar surface area (TPSA) is 72.6 Å². The van der Waals surface area contributed by atoms with Crippen molar-refractivity contribution in [3.05, 3.63) is 23.3 Å². The van der Waals surface area contributed by atoms with Crippen molar-refractivity contribution in [3.63, 3.8) is 0 Å². The normalized spacial score (nSPS) is 10.8. The Morgan fingerprint density at radius 3 is 2.76 bits per heavy atom. The summed E-state index contributed by atoms with van der Waals surface area (Å²) < 4.78 is 1.53. The van der Waals surface area contributed by atoms with Gasteiger partial charge < -0.3 is 0 Å². The SMILES string of the molecule is CON(C)C(=O)c1nc2nc(C)cc(C)n2n1. The van der Waals surface area contributed by atoms with E-state index in [1.54, 1.807) is 0 Å². The molecule has 0 N–H and O–H groups in total. The number of hydrogen-bond acceptors (Lipinski definition) is 5. The lowest BCUT2D eigenvalue weighted by molar-refractivity contribution is -0.0764. The predicted octanol–water partition coefficient (Wildman–Crippen LogP) is 0.375. The smallest absolute Gasteiger partial charge is 0.274 e. The summed E-state index contributed by atoms with van der Waals surface area (Å²) in [5.41, 5.74) is 1.71. The van der Waals surface area contributed by atoms with Crippen molar-refractivity contribution in [2.24, 2.45) is 0 Å². The molecule has 2 aromatic heterocycles. The molecule has 2 heterocycles. The molecule has 0 fully saturated rings. The van der Waals surface area contributed by atoms with Gasteiger partial charge in [0.15, 0.2) is 0 Å². The monoisotopic (exact) mass is 235 g/mol. The zero-order chi connectivity index (χ0) is 12.6. The summed E-state index contributed by atoms with van der Waals surface area (Å²) in [6.07, 6.45) is 0. The van der Waals surface area contributed by atoms with Crippen LogP contribution in [-0.4, -0.2) is 44.7 Å². The highest BCUT2D eigenvalue weighted by Gasteiger charge is 2.18. The molecule has 17 heavy (non-hydrogen) atoms. The van der Waals surface area contributed by atoms with Crippen molar-refractivity contribution in [2.75, 3.05) is 14.2 Å². The Bertz CT molecular complexity index is 577. The molecule has 7 nitrogen and oxygen atoms in total. The van der Waals surface area contributed by atoms with Crippen molar-refractivity contribution in [3.8, 4) is 0 Å². The van der Waals surface area contributed by atoms with Crippen LogP contribution in [-0.2, 0) is 4.84 Å². The molecule has 0 aliphatic heterocycles.